The number of nitro benzene ring substituents is 1. The van der Waals surface area contributed by atoms with Crippen LogP contribution in [-0.4, -0.2) is 50.4 Å². The summed E-state index contributed by atoms with van der Waals surface area (Å²) in [6.45, 7) is 2.74. The Morgan fingerprint density at radius 1 is 1.00 bits per heavy atom. The predicted octanol–water partition coefficient (Wildman–Crippen LogP) is 5.04. The lowest BCUT2D eigenvalue weighted by Gasteiger charge is -2.20. The Morgan fingerprint density at radius 2 is 1.55 bits per heavy atom. The second-order valence-corrected chi connectivity index (χ2v) is 7.09. The van der Waals surface area contributed by atoms with Gasteiger partial charge in [-0.05, 0) is 66.5 Å². The summed E-state index contributed by atoms with van der Waals surface area (Å²) >= 11 is 11.4. The molecule has 0 N–H and O–H groups in total. The molecule has 1 amide bonds. The molecule has 0 atom stereocenters. The van der Waals surface area contributed by atoms with Crippen LogP contribution in [0.25, 0.3) is 0 Å². The van der Waals surface area contributed by atoms with Gasteiger partial charge in [-0.25, -0.2) is 0 Å². The van der Waals surface area contributed by atoms with Crippen molar-refractivity contribution in [1.82, 2.24) is 19.9 Å². The maximum Gasteiger partial charge on any atom is 0.322 e. The molecule has 33 heavy (non-hydrogen) atoms. The zero-order chi connectivity index (χ0) is 23.8. The highest BCUT2D eigenvalue weighted by Gasteiger charge is 2.15. The topological polar surface area (TPSA) is 136 Å². The lowest BCUT2D eigenvalue weighted by Crippen LogP contribution is -2.34. The van der Waals surface area contributed by atoms with Crippen molar-refractivity contribution in [3.05, 3.63) is 74.8 Å². The van der Waals surface area contributed by atoms with Crippen molar-refractivity contribution >= 4 is 46.2 Å². The van der Waals surface area contributed by atoms with Gasteiger partial charge in [-0.1, -0.05) is 0 Å². The first-order valence-corrected chi connectivity index (χ1v) is 10.4. The molecule has 3 aromatic rings. The van der Waals surface area contributed by atoms with Crippen LogP contribution in [0.1, 0.15) is 17.3 Å². The standard InChI is InChI=1S/C20H17Cl2N7O4/c1-2-28(11-12-33-20-24-18(21)23-19(22)25-20)17(30)13-3-5-14(6-4-13)26-27-15-7-9-16(10-8-15)29(31)32/h3-10H,2,11-12H2,1H3. The molecular weight excluding hydrogens is 473 g/mol. The number of nitrogens with zero attached hydrogens (tertiary/aromatic N) is 7. The molecule has 0 saturated carbocycles. The van der Waals surface area contributed by atoms with Gasteiger partial charge in [0, 0.05) is 24.2 Å². The van der Waals surface area contributed by atoms with Crippen LogP contribution >= 0.6 is 23.2 Å². The highest BCUT2D eigenvalue weighted by molar-refractivity contribution is 6.31. The van der Waals surface area contributed by atoms with Crippen molar-refractivity contribution in [3.63, 3.8) is 0 Å². The Bertz CT molecular complexity index is 1140. The lowest BCUT2D eigenvalue weighted by molar-refractivity contribution is -0.384. The average Bonchev–Trinajstić information content (AvgIpc) is 2.80. The van der Waals surface area contributed by atoms with Crippen molar-refractivity contribution in [2.24, 2.45) is 10.2 Å². The van der Waals surface area contributed by atoms with E-state index in [1.807, 2.05) is 6.92 Å². The summed E-state index contributed by atoms with van der Waals surface area (Å²) < 4.78 is 5.41. The first kappa shape index (κ1) is 24.0. The Kier molecular flexibility index (Phi) is 8.17. The fourth-order valence-electron chi connectivity index (χ4n) is 2.63. The quantitative estimate of drug-likeness (QED) is 0.233. The van der Waals surface area contributed by atoms with Crippen LogP contribution in [-0.2, 0) is 0 Å². The van der Waals surface area contributed by atoms with E-state index in [0.29, 0.717) is 23.5 Å². The molecular formula is C20H17Cl2N7O4. The van der Waals surface area contributed by atoms with Crippen molar-refractivity contribution in [2.45, 2.75) is 6.92 Å². The van der Waals surface area contributed by atoms with Crippen molar-refractivity contribution in [2.75, 3.05) is 19.7 Å². The highest BCUT2D eigenvalue weighted by atomic mass is 35.5. The molecule has 13 heteroatoms. The van der Waals surface area contributed by atoms with Crippen molar-refractivity contribution in [1.29, 1.82) is 0 Å². The van der Waals surface area contributed by atoms with Gasteiger partial charge in [0.25, 0.3) is 11.6 Å². The summed E-state index contributed by atoms with van der Waals surface area (Å²) in [5.74, 6) is -0.188. The Morgan fingerprint density at radius 3 is 2.06 bits per heavy atom. The number of likely N-dealkylation sites (N-methyl/N-ethyl adjacent to an activating group) is 1. The summed E-state index contributed by atoms with van der Waals surface area (Å²) in [5.41, 5.74) is 1.44. The molecule has 1 heterocycles. The number of carbonyl (C=O) groups excluding carboxylic acids is 1. The van der Waals surface area contributed by atoms with Crippen LogP contribution in [0.5, 0.6) is 6.01 Å². The van der Waals surface area contributed by atoms with Crippen LogP contribution in [0, 0.1) is 10.1 Å². The Balaban J connectivity index is 1.57. The molecule has 170 valence electrons. The lowest BCUT2D eigenvalue weighted by atomic mass is 10.2. The molecule has 0 aliphatic carbocycles. The molecule has 11 nitrogen and oxygen atoms in total. The number of amides is 1. The van der Waals surface area contributed by atoms with E-state index in [0.717, 1.165) is 0 Å². The molecule has 0 spiro atoms. The maximum absolute atomic E-state index is 12.8. The minimum absolute atomic E-state index is 0.0220. The number of carbonyl (C=O) groups is 1. The van der Waals surface area contributed by atoms with E-state index >= 15 is 0 Å². The number of ether oxygens (including phenoxy) is 1. The normalized spacial score (nSPS) is 10.9. The van der Waals surface area contributed by atoms with E-state index < -0.39 is 4.92 Å². The second kappa shape index (κ2) is 11.2. The minimum atomic E-state index is -0.486. The summed E-state index contributed by atoms with van der Waals surface area (Å²) in [4.78, 5) is 35.8. The fraction of sp³-hybridized carbons (Fsp3) is 0.200. The number of benzene rings is 2. The SMILES string of the molecule is CCN(CCOc1nc(Cl)nc(Cl)n1)C(=O)c1ccc(N=Nc2ccc([N+](=O)[O-])cc2)cc1. The first-order valence-electron chi connectivity index (χ1n) is 9.61. The molecule has 0 unspecified atom stereocenters. The molecule has 1 aromatic heterocycles. The number of nitro groups is 1. The minimum Gasteiger partial charge on any atom is -0.461 e. The third-order valence-electron chi connectivity index (χ3n) is 4.28. The molecule has 0 aliphatic rings. The molecule has 0 radical (unpaired) electrons. The van der Waals surface area contributed by atoms with Gasteiger partial charge in [-0.2, -0.15) is 25.2 Å². The molecule has 2 aromatic carbocycles. The molecule has 3 rings (SSSR count). The Hall–Kier alpha value is -3.70. The van der Waals surface area contributed by atoms with E-state index in [-0.39, 0.29) is 41.3 Å². The van der Waals surface area contributed by atoms with Crippen LogP contribution < -0.4 is 4.74 Å². The summed E-state index contributed by atoms with van der Waals surface area (Å²) in [6.07, 6.45) is 0. The van der Waals surface area contributed by atoms with E-state index in [1.54, 1.807) is 29.2 Å². The first-order chi connectivity index (χ1) is 15.9. The Labute approximate surface area is 198 Å². The highest BCUT2D eigenvalue weighted by Crippen LogP contribution is 2.22. The van der Waals surface area contributed by atoms with E-state index in [2.05, 4.69) is 25.2 Å². The third-order valence-corrected chi connectivity index (χ3v) is 4.62. The smallest absolute Gasteiger partial charge is 0.322 e. The fourth-order valence-corrected chi connectivity index (χ4v) is 2.98. The zero-order valence-corrected chi connectivity index (χ0v) is 18.8. The van der Waals surface area contributed by atoms with Gasteiger partial charge in [0.05, 0.1) is 22.8 Å². The van der Waals surface area contributed by atoms with Gasteiger partial charge in [0.2, 0.25) is 10.6 Å². The van der Waals surface area contributed by atoms with E-state index in [4.69, 9.17) is 27.9 Å². The van der Waals surface area contributed by atoms with Crippen LogP contribution in [0.3, 0.4) is 0 Å². The molecule has 0 bridgehead atoms. The van der Waals surface area contributed by atoms with Crippen LogP contribution in [0.2, 0.25) is 10.6 Å². The number of rotatable bonds is 9. The summed E-state index contributed by atoms with van der Waals surface area (Å²) in [5, 5.41) is 18.6. The number of hydrogen-bond acceptors (Lipinski definition) is 9. The number of aromatic nitrogens is 3. The monoisotopic (exact) mass is 489 g/mol. The maximum atomic E-state index is 12.8. The second-order valence-electron chi connectivity index (χ2n) is 6.41. The van der Waals surface area contributed by atoms with E-state index in [9.17, 15) is 14.9 Å². The van der Waals surface area contributed by atoms with Gasteiger partial charge in [0.1, 0.15) is 6.61 Å². The predicted molar refractivity (Wildman–Crippen MR) is 121 cm³/mol. The van der Waals surface area contributed by atoms with Gasteiger partial charge in [0.15, 0.2) is 0 Å². The number of non-ortho nitro benzene ring substituents is 1. The van der Waals surface area contributed by atoms with E-state index in [1.165, 1.54) is 24.3 Å². The molecule has 0 aliphatic heterocycles. The largest absolute Gasteiger partial charge is 0.461 e. The number of azo groups is 1. The van der Waals surface area contributed by atoms with Gasteiger partial charge >= 0.3 is 6.01 Å². The summed E-state index contributed by atoms with van der Waals surface area (Å²) in [6, 6.07) is 12.3. The average molecular weight is 490 g/mol. The molecule has 0 fully saturated rings. The molecule has 0 saturated heterocycles. The third kappa shape index (κ3) is 6.89. The zero-order valence-electron chi connectivity index (χ0n) is 17.3. The number of hydrogen-bond donors (Lipinski definition) is 0. The van der Waals surface area contributed by atoms with Crippen molar-refractivity contribution in [3.8, 4) is 6.01 Å². The van der Waals surface area contributed by atoms with Crippen molar-refractivity contribution < 1.29 is 14.5 Å². The van der Waals surface area contributed by atoms with Gasteiger partial charge < -0.3 is 9.64 Å². The van der Waals surface area contributed by atoms with Gasteiger partial charge in [-0.3, -0.25) is 14.9 Å². The van der Waals surface area contributed by atoms with Gasteiger partial charge in [-0.15, -0.1) is 0 Å². The number of halogens is 2. The van der Waals surface area contributed by atoms with Crippen LogP contribution in [0.15, 0.2) is 58.8 Å². The summed E-state index contributed by atoms with van der Waals surface area (Å²) in [7, 11) is 0. The van der Waals surface area contributed by atoms with Crippen LogP contribution in [0.4, 0.5) is 17.1 Å².